The molecular weight excluding hydrogens is 276 g/mol. The summed E-state index contributed by atoms with van der Waals surface area (Å²) in [6, 6.07) is 6.09. The average molecular weight is 306 g/mol. The minimum atomic E-state index is -0.0310. The van der Waals surface area contributed by atoms with E-state index in [1.165, 1.54) is 0 Å². The van der Waals surface area contributed by atoms with E-state index in [0.29, 0.717) is 12.2 Å². The van der Waals surface area contributed by atoms with Gasteiger partial charge in [0.15, 0.2) is 0 Å². The van der Waals surface area contributed by atoms with Crippen molar-refractivity contribution >= 4 is 17.4 Å². The predicted octanol–water partition coefficient (Wildman–Crippen LogP) is 3.05. The number of nitrogens with two attached hydrogens (primary N) is 1. The topological polar surface area (TPSA) is 61.6 Å². The van der Waals surface area contributed by atoms with Crippen LogP contribution in [0.5, 0.6) is 0 Å². The molecule has 124 valence electrons. The van der Waals surface area contributed by atoms with Crippen molar-refractivity contribution < 1.29 is 4.79 Å². The molecule has 0 spiro atoms. The Balaban J connectivity index is 3.08. The predicted molar refractivity (Wildman–Crippen MR) is 94.1 cm³/mol. The lowest BCUT2D eigenvalue weighted by molar-refractivity contribution is 0.171. The van der Waals surface area contributed by atoms with Crippen molar-refractivity contribution in [3.8, 4) is 0 Å². The Bertz CT molecular complexity index is 499. The first-order chi connectivity index (χ1) is 10.3. The normalized spacial score (nSPS) is 12.1. The largest absolute Gasteiger partial charge is 0.399 e. The highest BCUT2D eigenvalue weighted by Crippen LogP contribution is 2.24. The second-order valence-electron chi connectivity index (χ2n) is 6.27. The first kappa shape index (κ1) is 18.1. The molecule has 0 aliphatic carbocycles. The van der Waals surface area contributed by atoms with Crippen LogP contribution in [0.3, 0.4) is 0 Å². The van der Waals surface area contributed by atoms with Gasteiger partial charge in [0.05, 0.1) is 0 Å². The van der Waals surface area contributed by atoms with Gasteiger partial charge in [-0.2, -0.15) is 0 Å². The van der Waals surface area contributed by atoms with Crippen LogP contribution in [0.25, 0.3) is 0 Å². The number of carbonyl (C=O) groups excluding carboxylic acids is 1. The van der Waals surface area contributed by atoms with E-state index in [0.717, 1.165) is 17.7 Å². The van der Waals surface area contributed by atoms with Crippen LogP contribution < -0.4 is 16.0 Å². The van der Waals surface area contributed by atoms with Crippen molar-refractivity contribution in [1.82, 2.24) is 10.2 Å². The molecule has 0 fully saturated rings. The SMILES string of the molecule is CC[C@H](C)N(Cc1cc(N)ccc1N(C)C)C(=O)NC(C)C. The van der Waals surface area contributed by atoms with Crippen LogP contribution in [0.2, 0.25) is 0 Å². The monoisotopic (exact) mass is 306 g/mol. The molecule has 0 unspecified atom stereocenters. The second-order valence-corrected chi connectivity index (χ2v) is 6.27. The van der Waals surface area contributed by atoms with Crippen LogP contribution >= 0.6 is 0 Å². The first-order valence-corrected chi connectivity index (χ1v) is 7.89. The van der Waals surface area contributed by atoms with E-state index in [-0.39, 0.29) is 18.1 Å². The van der Waals surface area contributed by atoms with Gasteiger partial charge in [-0.3, -0.25) is 0 Å². The fourth-order valence-electron chi connectivity index (χ4n) is 2.33. The van der Waals surface area contributed by atoms with Gasteiger partial charge in [0, 0.05) is 44.1 Å². The minimum Gasteiger partial charge on any atom is -0.399 e. The van der Waals surface area contributed by atoms with E-state index in [4.69, 9.17) is 5.73 Å². The lowest BCUT2D eigenvalue weighted by atomic mass is 10.1. The van der Waals surface area contributed by atoms with Gasteiger partial charge >= 0.3 is 6.03 Å². The van der Waals surface area contributed by atoms with Gasteiger partial charge in [0.1, 0.15) is 0 Å². The number of anilines is 2. The zero-order valence-corrected chi connectivity index (χ0v) is 14.7. The standard InChI is InChI=1S/C17H30N4O/c1-7-13(4)21(17(22)19-12(2)3)11-14-10-15(18)8-9-16(14)20(5)6/h8-10,12-13H,7,11,18H2,1-6H3,(H,19,22)/t13-/m0/s1. The number of rotatable bonds is 6. The second kappa shape index (κ2) is 7.92. The summed E-state index contributed by atoms with van der Waals surface area (Å²) in [5.41, 5.74) is 8.79. The molecule has 0 radical (unpaired) electrons. The third-order valence-electron chi connectivity index (χ3n) is 3.72. The molecule has 5 nitrogen and oxygen atoms in total. The number of carbonyl (C=O) groups is 1. The van der Waals surface area contributed by atoms with Crippen molar-refractivity contribution in [1.29, 1.82) is 0 Å². The summed E-state index contributed by atoms with van der Waals surface area (Å²) >= 11 is 0. The van der Waals surface area contributed by atoms with Crippen LogP contribution in [-0.2, 0) is 6.54 Å². The lowest BCUT2D eigenvalue weighted by Crippen LogP contribution is -2.46. The minimum absolute atomic E-state index is 0.0310. The maximum absolute atomic E-state index is 12.5. The van der Waals surface area contributed by atoms with Crippen molar-refractivity contribution in [2.75, 3.05) is 24.7 Å². The highest BCUT2D eigenvalue weighted by atomic mass is 16.2. The molecule has 0 aliphatic rings. The number of hydrogen-bond acceptors (Lipinski definition) is 3. The van der Waals surface area contributed by atoms with Gasteiger partial charge in [-0.1, -0.05) is 6.92 Å². The summed E-state index contributed by atoms with van der Waals surface area (Å²) in [5.74, 6) is 0. The molecule has 0 aromatic heterocycles. The molecule has 22 heavy (non-hydrogen) atoms. The number of nitrogen functional groups attached to an aromatic ring is 1. The van der Waals surface area contributed by atoms with Crippen LogP contribution in [0.4, 0.5) is 16.2 Å². The summed E-state index contributed by atoms with van der Waals surface area (Å²) < 4.78 is 0. The van der Waals surface area contributed by atoms with Gasteiger partial charge < -0.3 is 20.9 Å². The van der Waals surface area contributed by atoms with Crippen molar-refractivity contribution in [3.63, 3.8) is 0 Å². The quantitative estimate of drug-likeness (QED) is 0.794. The molecule has 0 bridgehead atoms. The number of amides is 2. The van der Waals surface area contributed by atoms with Crippen molar-refractivity contribution in [2.45, 2.75) is 52.7 Å². The average Bonchev–Trinajstić information content (AvgIpc) is 2.42. The van der Waals surface area contributed by atoms with E-state index < -0.39 is 0 Å². The zero-order valence-electron chi connectivity index (χ0n) is 14.7. The Morgan fingerprint density at radius 2 is 1.91 bits per heavy atom. The van der Waals surface area contributed by atoms with Crippen LogP contribution in [0, 0.1) is 0 Å². The molecule has 0 aliphatic heterocycles. The van der Waals surface area contributed by atoms with Crippen LogP contribution in [0.1, 0.15) is 39.7 Å². The highest BCUT2D eigenvalue weighted by molar-refractivity contribution is 5.75. The summed E-state index contributed by atoms with van der Waals surface area (Å²) in [4.78, 5) is 16.4. The Morgan fingerprint density at radius 1 is 1.27 bits per heavy atom. The number of nitrogens with zero attached hydrogens (tertiary/aromatic N) is 2. The Kier molecular flexibility index (Phi) is 6.53. The molecule has 3 N–H and O–H groups in total. The molecule has 1 aromatic carbocycles. The summed E-state index contributed by atoms with van der Waals surface area (Å²) in [7, 11) is 3.99. The van der Waals surface area contributed by atoms with E-state index in [9.17, 15) is 4.79 Å². The van der Waals surface area contributed by atoms with E-state index in [1.807, 2.05) is 55.9 Å². The van der Waals surface area contributed by atoms with E-state index in [1.54, 1.807) is 0 Å². The van der Waals surface area contributed by atoms with Gasteiger partial charge in [0.25, 0.3) is 0 Å². The fourth-order valence-corrected chi connectivity index (χ4v) is 2.33. The summed E-state index contributed by atoms with van der Waals surface area (Å²) in [6.07, 6.45) is 0.908. The number of urea groups is 1. The molecule has 5 heteroatoms. The third-order valence-corrected chi connectivity index (χ3v) is 3.72. The Morgan fingerprint density at radius 3 is 2.41 bits per heavy atom. The van der Waals surface area contributed by atoms with E-state index in [2.05, 4.69) is 19.2 Å². The van der Waals surface area contributed by atoms with Crippen LogP contribution in [0.15, 0.2) is 18.2 Å². The molecule has 1 atom stereocenters. The van der Waals surface area contributed by atoms with Crippen molar-refractivity contribution in [3.05, 3.63) is 23.8 Å². The molecular formula is C17H30N4O. The lowest BCUT2D eigenvalue weighted by Gasteiger charge is -2.31. The molecule has 0 heterocycles. The fraction of sp³-hybridized carbons (Fsp3) is 0.588. The van der Waals surface area contributed by atoms with Crippen molar-refractivity contribution in [2.24, 2.45) is 0 Å². The van der Waals surface area contributed by atoms with E-state index >= 15 is 0 Å². The molecule has 2 amide bonds. The first-order valence-electron chi connectivity index (χ1n) is 7.89. The van der Waals surface area contributed by atoms with Gasteiger partial charge in [-0.15, -0.1) is 0 Å². The molecule has 1 rings (SSSR count). The maximum Gasteiger partial charge on any atom is 0.318 e. The molecule has 0 saturated heterocycles. The number of nitrogens with one attached hydrogen (secondary N) is 1. The van der Waals surface area contributed by atoms with Gasteiger partial charge in [-0.05, 0) is 51.0 Å². The molecule has 0 saturated carbocycles. The maximum atomic E-state index is 12.5. The Labute approximate surface area is 134 Å². The highest BCUT2D eigenvalue weighted by Gasteiger charge is 2.21. The number of benzene rings is 1. The Hall–Kier alpha value is -1.91. The number of hydrogen-bond donors (Lipinski definition) is 2. The summed E-state index contributed by atoms with van der Waals surface area (Å²) in [6.45, 7) is 8.65. The van der Waals surface area contributed by atoms with Gasteiger partial charge in [0.2, 0.25) is 0 Å². The zero-order chi connectivity index (χ0) is 16.9. The summed E-state index contributed by atoms with van der Waals surface area (Å²) in [5, 5.41) is 2.98. The van der Waals surface area contributed by atoms with Gasteiger partial charge in [-0.25, -0.2) is 4.79 Å². The smallest absolute Gasteiger partial charge is 0.318 e. The third kappa shape index (κ3) is 4.83. The molecule has 1 aromatic rings. The van der Waals surface area contributed by atoms with Crippen LogP contribution in [-0.4, -0.2) is 37.1 Å².